The van der Waals surface area contributed by atoms with Crippen LogP contribution >= 0.6 is 0 Å². The van der Waals surface area contributed by atoms with Crippen LogP contribution in [0.1, 0.15) is 53.4 Å². The smallest absolute Gasteiger partial charge is 0.209 e. The maximum atomic E-state index is 9.93. The highest BCUT2D eigenvalue weighted by Crippen LogP contribution is 2.23. The van der Waals surface area contributed by atoms with Gasteiger partial charge in [0, 0.05) is 25.2 Å². The first-order valence-electron chi connectivity index (χ1n) is 7.49. The average Bonchev–Trinajstić information content (AvgIpc) is 2.81. The van der Waals surface area contributed by atoms with Gasteiger partial charge >= 0.3 is 0 Å². The molecule has 3 nitrogen and oxygen atoms in total. The van der Waals surface area contributed by atoms with Gasteiger partial charge < -0.3 is 4.90 Å². The first kappa shape index (κ1) is 15.5. The molecule has 2 aliphatic rings. The zero-order valence-corrected chi connectivity index (χ0v) is 12.6. The minimum Gasteiger partial charge on any atom is -0.345 e. The van der Waals surface area contributed by atoms with E-state index in [2.05, 4.69) is 32.6 Å². The molecule has 2 fully saturated rings. The molecule has 0 aromatic rings. The van der Waals surface area contributed by atoms with Crippen LogP contribution in [0.4, 0.5) is 0 Å². The molecule has 0 aromatic heterocycles. The maximum absolute atomic E-state index is 9.93. The summed E-state index contributed by atoms with van der Waals surface area (Å²) in [5.74, 6) is 0.944. The molecule has 0 saturated carbocycles. The Morgan fingerprint density at radius 1 is 1.11 bits per heavy atom. The van der Waals surface area contributed by atoms with Crippen molar-refractivity contribution in [2.24, 2.45) is 5.92 Å². The number of carbonyl (C=O) groups excluding carboxylic acids is 1. The molecule has 0 bridgehead atoms. The molecule has 0 N–H and O–H groups in total. The Morgan fingerprint density at radius 3 is 2.11 bits per heavy atom. The van der Waals surface area contributed by atoms with Crippen molar-refractivity contribution in [3.8, 4) is 0 Å². The van der Waals surface area contributed by atoms with Crippen LogP contribution in [0.2, 0.25) is 0 Å². The molecule has 0 radical (unpaired) electrons. The molecule has 0 aliphatic carbocycles. The molecule has 2 rings (SSSR count). The summed E-state index contributed by atoms with van der Waals surface area (Å²) in [7, 11) is 0. The van der Waals surface area contributed by atoms with E-state index in [0.29, 0.717) is 0 Å². The summed E-state index contributed by atoms with van der Waals surface area (Å²) in [5, 5.41) is 0. The van der Waals surface area contributed by atoms with Gasteiger partial charge in [0.1, 0.15) is 0 Å². The molecule has 2 saturated heterocycles. The maximum Gasteiger partial charge on any atom is 0.209 e. The fourth-order valence-corrected chi connectivity index (χ4v) is 3.04. The SMILES string of the molecule is CC(C)N1CC[C@@H](C)C[C@@H]1C.O=CN1CCCC1. The van der Waals surface area contributed by atoms with Crippen molar-refractivity contribution in [3.05, 3.63) is 0 Å². The van der Waals surface area contributed by atoms with E-state index >= 15 is 0 Å². The molecular formula is C15H30N2O. The molecule has 2 aliphatic heterocycles. The second-order valence-electron chi connectivity index (χ2n) is 6.16. The minimum absolute atomic E-state index is 0.734. The summed E-state index contributed by atoms with van der Waals surface area (Å²) in [5.41, 5.74) is 0. The largest absolute Gasteiger partial charge is 0.345 e. The minimum atomic E-state index is 0.734. The molecule has 106 valence electrons. The summed E-state index contributed by atoms with van der Waals surface area (Å²) in [6.45, 7) is 12.6. The Balaban J connectivity index is 0.000000199. The van der Waals surface area contributed by atoms with E-state index in [4.69, 9.17) is 0 Å². The summed E-state index contributed by atoms with van der Waals surface area (Å²) in [6.07, 6.45) is 6.09. The molecule has 2 atom stereocenters. The summed E-state index contributed by atoms with van der Waals surface area (Å²) >= 11 is 0. The summed E-state index contributed by atoms with van der Waals surface area (Å²) in [4.78, 5) is 14.3. The first-order valence-corrected chi connectivity index (χ1v) is 7.49. The molecule has 2 heterocycles. The lowest BCUT2D eigenvalue weighted by Gasteiger charge is -2.39. The number of likely N-dealkylation sites (tertiary alicyclic amines) is 2. The molecule has 1 amide bonds. The van der Waals surface area contributed by atoms with Gasteiger partial charge in [0.15, 0.2) is 0 Å². The van der Waals surface area contributed by atoms with Crippen LogP contribution in [0, 0.1) is 5.92 Å². The van der Waals surface area contributed by atoms with Gasteiger partial charge in [-0.05, 0) is 58.9 Å². The highest BCUT2D eigenvalue weighted by atomic mass is 16.1. The summed E-state index contributed by atoms with van der Waals surface area (Å²) in [6, 6.07) is 1.54. The zero-order chi connectivity index (χ0) is 13.5. The van der Waals surface area contributed by atoms with E-state index < -0.39 is 0 Å². The molecule has 0 aromatic carbocycles. The van der Waals surface area contributed by atoms with Crippen LogP contribution in [0.25, 0.3) is 0 Å². The van der Waals surface area contributed by atoms with Crippen molar-refractivity contribution in [2.75, 3.05) is 19.6 Å². The quantitative estimate of drug-likeness (QED) is 0.707. The van der Waals surface area contributed by atoms with E-state index in [9.17, 15) is 4.79 Å². The van der Waals surface area contributed by atoms with Gasteiger partial charge in [0.2, 0.25) is 6.41 Å². The van der Waals surface area contributed by atoms with Gasteiger partial charge in [-0.25, -0.2) is 0 Å². The van der Waals surface area contributed by atoms with E-state index in [1.54, 1.807) is 4.90 Å². The second kappa shape index (κ2) is 7.78. The standard InChI is InChI=1S/C10H21N.C5H9NO/c1-8(2)11-6-5-9(3)7-10(11)4;7-5-6-3-1-2-4-6/h8-10H,5-7H2,1-4H3;5H,1-4H2/t9-,10+;/m1./s1. The van der Waals surface area contributed by atoms with Crippen molar-refractivity contribution in [2.45, 2.75) is 65.5 Å². The Labute approximate surface area is 113 Å². The Kier molecular flexibility index (Phi) is 6.69. The molecular weight excluding hydrogens is 224 g/mol. The fourth-order valence-electron chi connectivity index (χ4n) is 3.04. The second-order valence-corrected chi connectivity index (χ2v) is 6.16. The van der Waals surface area contributed by atoms with Crippen molar-refractivity contribution in [1.29, 1.82) is 0 Å². The Hall–Kier alpha value is -0.570. The van der Waals surface area contributed by atoms with Gasteiger partial charge in [0.05, 0.1) is 0 Å². The van der Waals surface area contributed by atoms with Crippen molar-refractivity contribution in [1.82, 2.24) is 9.80 Å². The number of nitrogens with zero attached hydrogens (tertiary/aromatic N) is 2. The topological polar surface area (TPSA) is 23.6 Å². The highest BCUT2D eigenvalue weighted by molar-refractivity contribution is 5.47. The van der Waals surface area contributed by atoms with Gasteiger partial charge in [-0.2, -0.15) is 0 Å². The number of piperidine rings is 1. The summed E-state index contributed by atoms with van der Waals surface area (Å²) < 4.78 is 0. The number of hydrogen-bond acceptors (Lipinski definition) is 2. The van der Waals surface area contributed by atoms with E-state index in [-0.39, 0.29) is 0 Å². The number of amides is 1. The normalized spacial score (nSPS) is 29.1. The Bertz CT molecular complexity index is 237. The molecule has 3 heteroatoms. The fraction of sp³-hybridized carbons (Fsp3) is 0.933. The number of hydrogen-bond donors (Lipinski definition) is 0. The lowest BCUT2D eigenvalue weighted by molar-refractivity contribution is -0.117. The average molecular weight is 254 g/mol. The van der Waals surface area contributed by atoms with Gasteiger partial charge in [0.25, 0.3) is 0 Å². The monoisotopic (exact) mass is 254 g/mol. The third-order valence-electron chi connectivity index (χ3n) is 4.14. The van der Waals surface area contributed by atoms with Crippen LogP contribution in [0.15, 0.2) is 0 Å². The third kappa shape index (κ3) is 4.97. The highest BCUT2D eigenvalue weighted by Gasteiger charge is 2.23. The molecule has 0 unspecified atom stereocenters. The van der Waals surface area contributed by atoms with Crippen molar-refractivity contribution < 1.29 is 4.79 Å². The van der Waals surface area contributed by atoms with Crippen LogP contribution in [0.5, 0.6) is 0 Å². The molecule has 18 heavy (non-hydrogen) atoms. The molecule has 0 spiro atoms. The predicted octanol–water partition coefficient (Wildman–Crippen LogP) is 2.75. The predicted molar refractivity (Wildman–Crippen MR) is 76.6 cm³/mol. The van der Waals surface area contributed by atoms with Crippen molar-refractivity contribution in [3.63, 3.8) is 0 Å². The van der Waals surface area contributed by atoms with Crippen molar-refractivity contribution >= 4 is 6.41 Å². The van der Waals surface area contributed by atoms with Gasteiger partial charge in [-0.1, -0.05) is 6.92 Å². The number of carbonyl (C=O) groups is 1. The van der Waals surface area contributed by atoms with E-state index in [0.717, 1.165) is 37.5 Å². The van der Waals surface area contributed by atoms with Gasteiger partial charge in [-0.15, -0.1) is 0 Å². The first-order chi connectivity index (χ1) is 8.54. The van der Waals surface area contributed by atoms with Crippen LogP contribution in [0.3, 0.4) is 0 Å². The zero-order valence-electron chi connectivity index (χ0n) is 12.6. The van der Waals surface area contributed by atoms with Crippen LogP contribution in [-0.4, -0.2) is 47.9 Å². The van der Waals surface area contributed by atoms with E-state index in [1.807, 2.05) is 0 Å². The van der Waals surface area contributed by atoms with Gasteiger partial charge in [-0.3, -0.25) is 9.69 Å². The van der Waals surface area contributed by atoms with Crippen LogP contribution < -0.4 is 0 Å². The number of rotatable bonds is 2. The van der Waals surface area contributed by atoms with Crippen LogP contribution in [-0.2, 0) is 4.79 Å². The van der Waals surface area contributed by atoms with E-state index in [1.165, 1.54) is 32.2 Å². The lowest BCUT2D eigenvalue weighted by atomic mass is 9.92. The lowest BCUT2D eigenvalue weighted by Crippen LogP contribution is -2.44. The third-order valence-corrected chi connectivity index (χ3v) is 4.14. The Morgan fingerprint density at radius 2 is 1.72 bits per heavy atom.